The van der Waals surface area contributed by atoms with E-state index in [0.29, 0.717) is 19.8 Å². The van der Waals surface area contributed by atoms with E-state index in [2.05, 4.69) is 32.4 Å². The Morgan fingerprint density at radius 3 is 2.70 bits per heavy atom. The van der Waals surface area contributed by atoms with E-state index in [4.69, 9.17) is 4.74 Å². The Morgan fingerprint density at radius 1 is 1.17 bits per heavy atom. The topological polar surface area (TPSA) is 72.3 Å². The van der Waals surface area contributed by atoms with Gasteiger partial charge in [-0.25, -0.2) is 0 Å². The van der Waals surface area contributed by atoms with E-state index in [1.54, 1.807) is 12.4 Å². The molecule has 156 valence electrons. The van der Waals surface area contributed by atoms with Gasteiger partial charge < -0.3 is 10.1 Å². The van der Waals surface area contributed by atoms with E-state index in [1.165, 1.54) is 0 Å². The largest absolute Gasteiger partial charge is 0.379 e. The second kappa shape index (κ2) is 9.19. The lowest BCUT2D eigenvalue weighted by Crippen LogP contribution is -2.49. The molecule has 0 radical (unpaired) electrons. The van der Waals surface area contributed by atoms with Crippen LogP contribution < -0.4 is 5.32 Å². The van der Waals surface area contributed by atoms with E-state index < -0.39 is 0 Å². The molecule has 3 heterocycles. The van der Waals surface area contributed by atoms with Gasteiger partial charge in [0.2, 0.25) is 5.91 Å². The van der Waals surface area contributed by atoms with Gasteiger partial charge in [0.25, 0.3) is 0 Å². The molecule has 30 heavy (non-hydrogen) atoms. The molecule has 7 nitrogen and oxygen atoms in total. The number of nitrogens with one attached hydrogen (secondary N) is 1. The summed E-state index contributed by atoms with van der Waals surface area (Å²) in [6.07, 6.45) is 5.59. The second-order valence-electron chi connectivity index (χ2n) is 7.54. The van der Waals surface area contributed by atoms with Gasteiger partial charge >= 0.3 is 0 Å². The molecule has 1 saturated heterocycles. The molecule has 4 rings (SSSR count). The van der Waals surface area contributed by atoms with Crippen molar-refractivity contribution in [1.82, 2.24) is 25.0 Å². The highest BCUT2D eigenvalue weighted by Gasteiger charge is 2.22. The van der Waals surface area contributed by atoms with Gasteiger partial charge in [0, 0.05) is 56.4 Å². The second-order valence-corrected chi connectivity index (χ2v) is 7.54. The van der Waals surface area contributed by atoms with Crippen molar-refractivity contribution in [3.63, 3.8) is 0 Å². The van der Waals surface area contributed by atoms with Gasteiger partial charge in [-0.15, -0.1) is 0 Å². The zero-order valence-corrected chi connectivity index (χ0v) is 17.4. The summed E-state index contributed by atoms with van der Waals surface area (Å²) in [5.74, 6) is 0.0395. The molecular weight excluding hydrogens is 378 g/mol. The summed E-state index contributed by atoms with van der Waals surface area (Å²) < 4.78 is 7.20. The molecule has 0 saturated carbocycles. The molecule has 1 aromatic carbocycles. The molecule has 1 fully saturated rings. The molecule has 1 N–H and O–H groups in total. The summed E-state index contributed by atoms with van der Waals surface area (Å²) in [6.45, 7) is 5.39. The minimum Gasteiger partial charge on any atom is -0.379 e. The van der Waals surface area contributed by atoms with Crippen LogP contribution >= 0.6 is 0 Å². The highest BCUT2D eigenvalue weighted by molar-refractivity contribution is 5.82. The summed E-state index contributed by atoms with van der Waals surface area (Å²) in [5, 5.41) is 7.74. The first kappa shape index (κ1) is 20.3. The summed E-state index contributed by atoms with van der Waals surface area (Å²) in [4.78, 5) is 18.9. The van der Waals surface area contributed by atoms with Crippen LogP contribution in [0.4, 0.5) is 0 Å². The summed E-state index contributed by atoms with van der Waals surface area (Å²) >= 11 is 0. The Hall–Kier alpha value is -3.03. The highest BCUT2D eigenvalue weighted by Crippen LogP contribution is 2.30. The fourth-order valence-corrected chi connectivity index (χ4v) is 3.74. The van der Waals surface area contributed by atoms with Gasteiger partial charge in [-0.3, -0.25) is 19.4 Å². The van der Waals surface area contributed by atoms with Crippen LogP contribution in [0.3, 0.4) is 0 Å². The first-order chi connectivity index (χ1) is 14.6. The van der Waals surface area contributed by atoms with Crippen molar-refractivity contribution in [1.29, 1.82) is 0 Å². The minimum absolute atomic E-state index is 0.0395. The van der Waals surface area contributed by atoms with Gasteiger partial charge in [-0.2, -0.15) is 5.10 Å². The minimum atomic E-state index is -0.161. The van der Waals surface area contributed by atoms with E-state index in [9.17, 15) is 4.79 Å². The van der Waals surface area contributed by atoms with Crippen LogP contribution in [-0.4, -0.2) is 57.9 Å². The number of ether oxygens (including phenoxy) is 1. The number of hydrogen-bond acceptors (Lipinski definition) is 5. The first-order valence-corrected chi connectivity index (χ1v) is 10.2. The molecule has 1 aliphatic heterocycles. The fraction of sp³-hybridized carbons (Fsp3) is 0.348. The Labute approximate surface area is 176 Å². The Kier molecular flexibility index (Phi) is 6.21. The van der Waals surface area contributed by atoms with Crippen LogP contribution in [0.15, 0.2) is 55.0 Å². The summed E-state index contributed by atoms with van der Waals surface area (Å²) in [6, 6.07) is 12.0. The van der Waals surface area contributed by atoms with Gasteiger partial charge in [0.05, 0.1) is 19.3 Å². The molecule has 0 bridgehead atoms. The van der Waals surface area contributed by atoms with Crippen LogP contribution in [0, 0.1) is 0 Å². The van der Waals surface area contributed by atoms with Crippen LogP contribution in [0.25, 0.3) is 22.4 Å². The maximum Gasteiger partial charge on any atom is 0.237 e. The van der Waals surface area contributed by atoms with Crippen molar-refractivity contribution in [3.05, 3.63) is 60.6 Å². The third-order valence-electron chi connectivity index (χ3n) is 5.46. The maximum atomic E-state index is 12.6. The van der Waals surface area contributed by atoms with Crippen molar-refractivity contribution in [2.75, 3.05) is 26.3 Å². The number of aryl methyl sites for hydroxylation is 1. The predicted octanol–water partition coefficient (Wildman–Crippen LogP) is 2.49. The number of rotatable bonds is 6. The number of hydrogen-bond donors (Lipinski definition) is 1. The van der Waals surface area contributed by atoms with Gasteiger partial charge in [-0.05, 0) is 36.2 Å². The third kappa shape index (κ3) is 4.58. The van der Waals surface area contributed by atoms with Crippen molar-refractivity contribution in [2.45, 2.75) is 19.5 Å². The number of carbonyl (C=O) groups is 1. The van der Waals surface area contributed by atoms with Crippen LogP contribution in [-0.2, 0) is 23.1 Å². The molecule has 0 aliphatic carbocycles. The third-order valence-corrected chi connectivity index (χ3v) is 5.46. The van der Waals surface area contributed by atoms with Crippen LogP contribution in [0.5, 0.6) is 0 Å². The van der Waals surface area contributed by atoms with Gasteiger partial charge in [0.15, 0.2) is 0 Å². The van der Waals surface area contributed by atoms with Crippen LogP contribution in [0.1, 0.15) is 12.5 Å². The van der Waals surface area contributed by atoms with E-state index in [1.807, 2.05) is 49.1 Å². The molecule has 1 amide bonds. The molecule has 3 aromatic rings. The molecule has 0 unspecified atom stereocenters. The van der Waals surface area contributed by atoms with Crippen molar-refractivity contribution in [3.8, 4) is 22.4 Å². The molecular formula is C23H27N5O2. The van der Waals surface area contributed by atoms with Crippen LogP contribution in [0.2, 0.25) is 0 Å². The summed E-state index contributed by atoms with van der Waals surface area (Å²) in [7, 11) is 1.92. The molecule has 2 aromatic heterocycles. The molecule has 0 spiro atoms. The first-order valence-electron chi connectivity index (χ1n) is 10.2. The number of benzene rings is 1. The zero-order valence-electron chi connectivity index (χ0n) is 17.4. The van der Waals surface area contributed by atoms with E-state index in [-0.39, 0.29) is 11.9 Å². The number of pyridine rings is 1. The van der Waals surface area contributed by atoms with Gasteiger partial charge in [0.1, 0.15) is 5.69 Å². The van der Waals surface area contributed by atoms with Crippen molar-refractivity contribution in [2.24, 2.45) is 7.05 Å². The lowest BCUT2D eigenvalue weighted by atomic mass is 10.0. The number of nitrogens with zero attached hydrogens (tertiary/aromatic N) is 4. The SMILES string of the molecule is C[C@H](C(=O)NCc1cccc(-c2nn(C)cc2-c2ccncc2)c1)N1CCOCC1. The average molecular weight is 406 g/mol. The summed E-state index contributed by atoms with van der Waals surface area (Å²) in [5.41, 5.74) is 5.11. The fourth-order valence-electron chi connectivity index (χ4n) is 3.74. The molecule has 1 aliphatic rings. The van der Waals surface area contributed by atoms with Crippen molar-refractivity contribution < 1.29 is 9.53 Å². The zero-order chi connectivity index (χ0) is 20.9. The lowest BCUT2D eigenvalue weighted by Gasteiger charge is -2.31. The van der Waals surface area contributed by atoms with E-state index in [0.717, 1.165) is 41.0 Å². The van der Waals surface area contributed by atoms with Crippen molar-refractivity contribution >= 4 is 5.91 Å². The number of aromatic nitrogens is 3. The normalized spacial score (nSPS) is 15.7. The van der Waals surface area contributed by atoms with Gasteiger partial charge in [-0.1, -0.05) is 18.2 Å². The Bertz CT molecular complexity index is 996. The molecule has 7 heteroatoms. The smallest absolute Gasteiger partial charge is 0.237 e. The number of amides is 1. The Morgan fingerprint density at radius 2 is 1.93 bits per heavy atom. The number of carbonyl (C=O) groups excluding carboxylic acids is 1. The number of morpholine rings is 1. The highest BCUT2D eigenvalue weighted by atomic mass is 16.5. The van der Waals surface area contributed by atoms with E-state index >= 15 is 0 Å². The maximum absolute atomic E-state index is 12.6. The average Bonchev–Trinajstić information content (AvgIpc) is 3.20. The Balaban J connectivity index is 1.48. The molecule has 1 atom stereocenters. The lowest BCUT2D eigenvalue weighted by molar-refractivity contribution is -0.127. The monoisotopic (exact) mass is 405 g/mol. The quantitative estimate of drug-likeness (QED) is 0.682. The predicted molar refractivity (Wildman–Crippen MR) is 116 cm³/mol. The standard InChI is InChI=1S/C23H27N5O2/c1-17(28-10-12-30-13-11-28)23(29)25-15-18-4-3-5-20(14-18)22-21(16-27(2)26-22)19-6-8-24-9-7-19/h3-9,14,16-17H,10-13,15H2,1-2H3,(H,25,29)/t17-/m1/s1.